The summed E-state index contributed by atoms with van der Waals surface area (Å²) in [6.07, 6.45) is 6.66. The van der Waals surface area contributed by atoms with Crippen LogP contribution in [-0.2, 0) is 4.74 Å². The number of hydrogen-bond acceptors (Lipinski definition) is 3. The molecule has 1 aromatic carbocycles. The number of nitrogens with one attached hydrogen (secondary N) is 1. The highest BCUT2D eigenvalue weighted by Gasteiger charge is 2.46. The lowest BCUT2D eigenvalue weighted by molar-refractivity contribution is -0.949. The van der Waals surface area contributed by atoms with Crippen LogP contribution < -0.4 is 9.64 Å². The van der Waals surface area contributed by atoms with Gasteiger partial charge in [0.05, 0.1) is 25.7 Å². The fourth-order valence-electron chi connectivity index (χ4n) is 4.92. The zero-order chi connectivity index (χ0) is 17.4. The van der Waals surface area contributed by atoms with E-state index in [0.717, 1.165) is 22.6 Å². The number of aromatic nitrogens is 1. The van der Waals surface area contributed by atoms with Crippen LogP contribution in [0.15, 0.2) is 43.1 Å². The molecule has 4 heteroatoms. The molecule has 4 unspecified atom stereocenters. The number of piperidine rings is 3. The van der Waals surface area contributed by atoms with Gasteiger partial charge in [0.15, 0.2) is 0 Å². The van der Waals surface area contributed by atoms with Gasteiger partial charge in [-0.15, -0.1) is 6.58 Å². The molecule has 0 radical (unpaired) electrons. The minimum atomic E-state index is 0.0844. The number of quaternary nitrogens is 1. The summed E-state index contributed by atoms with van der Waals surface area (Å²) in [5.41, 5.74) is 2.22. The largest absolute Gasteiger partial charge is 0.497 e. The molecular formula is C21H27N2O2+. The molecule has 3 saturated heterocycles. The van der Waals surface area contributed by atoms with Gasteiger partial charge < -0.3 is 14.4 Å². The Morgan fingerprint density at radius 3 is 2.88 bits per heavy atom. The number of fused-ring (bicyclic) bond motifs is 4. The van der Waals surface area contributed by atoms with Crippen molar-refractivity contribution in [1.82, 2.24) is 4.98 Å². The van der Waals surface area contributed by atoms with Crippen LogP contribution in [0.5, 0.6) is 5.75 Å². The van der Waals surface area contributed by atoms with Gasteiger partial charge >= 0.3 is 0 Å². The Hall–Kier alpha value is -1.91. The Bertz CT molecular complexity index is 776. The molecule has 5 atom stereocenters. The van der Waals surface area contributed by atoms with E-state index in [-0.39, 0.29) is 6.10 Å². The predicted octanol–water partition coefficient (Wildman–Crippen LogP) is 2.41. The molecular weight excluding hydrogens is 312 g/mol. The Balaban J connectivity index is 1.72. The lowest BCUT2D eigenvalue weighted by Gasteiger charge is -2.48. The van der Waals surface area contributed by atoms with Gasteiger partial charge in [0.1, 0.15) is 17.9 Å². The van der Waals surface area contributed by atoms with Crippen LogP contribution in [0.3, 0.4) is 0 Å². The number of ether oxygens (including phenoxy) is 2. The van der Waals surface area contributed by atoms with Crippen molar-refractivity contribution in [2.75, 3.05) is 27.3 Å². The van der Waals surface area contributed by atoms with Gasteiger partial charge in [0, 0.05) is 37.5 Å². The van der Waals surface area contributed by atoms with E-state index in [2.05, 4.69) is 29.8 Å². The van der Waals surface area contributed by atoms with Crippen LogP contribution in [0.25, 0.3) is 10.9 Å². The van der Waals surface area contributed by atoms with Crippen molar-refractivity contribution in [3.05, 3.63) is 48.7 Å². The minimum absolute atomic E-state index is 0.0844. The molecule has 0 amide bonds. The van der Waals surface area contributed by atoms with Gasteiger partial charge in [-0.05, 0) is 35.7 Å². The monoisotopic (exact) mass is 339 g/mol. The average molecular weight is 339 g/mol. The third-order valence-corrected chi connectivity index (χ3v) is 6.23. The topological polar surface area (TPSA) is 35.8 Å². The highest BCUT2D eigenvalue weighted by atomic mass is 16.5. The summed E-state index contributed by atoms with van der Waals surface area (Å²) in [4.78, 5) is 6.18. The maximum absolute atomic E-state index is 6.06. The summed E-state index contributed by atoms with van der Waals surface area (Å²) in [7, 11) is 3.54. The first-order valence-electron chi connectivity index (χ1n) is 9.17. The van der Waals surface area contributed by atoms with Crippen molar-refractivity contribution in [2.45, 2.75) is 25.0 Å². The SMILES string of the molecule is C=CC1C[NH+]2CCC1CC2[C@@H](OC)c1ccnc2ccc(OC)cc12. The highest BCUT2D eigenvalue weighted by molar-refractivity contribution is 5.83. The summed E-state index contributed by atoms with van der Waals surface area (Å²) >= 11 is 0. The smallest absolute Gasteiger partial charge is 0.134 e. The zero-order valence-electron chi connectivity index (χ0n) is 15.1. The van der Waals surface area contributed by atoms with Gasteiger partial charge in [-0.1, -0.05) is 6.08 Å². The number of pyridine rings is 1. The second-order valence-corrected chi connectivity index (χ2v) is 7.34. The van der Waals surface area contributed by atoms with Crippen LogP contribution in [-0.4, -0.2) is 38.3 Å². The molecule has 4 nitrogen and oxygen atoms in total. The zero-order valence-corrected chi connectivity index (χ0v) is 15.1. The van der Waals surface area contributed by atoms with Crippen molar-refractivity contribution in [1.29, 1.82) is 0 Å². The molecule has 132 valence electrons. The van der Waals surface area contributed by atoms with Crippen LogP contribution in [0.4, 0.5) is 0 Å². The summed E-state index contributed by atoms with van der Waals surface area (Å²) in [5.74, 6) is 2.27. The van der Waals surface area contributed by atoms with Gasteiger partial charge in [-0.2, -0.15) is 0 Å². The Kier molecular flexibility index (Phi) is 4.48. The third-order valence-electron chi connectivity index (χ3n) is 6.23. The average Bonchev–Trinajstić information content (AvgIpc) is 2.68. The maximum atomic E-state index is 6.06. The second kappa shape index (κ2) is 6.77. The van der Waals surface area contributed by atoms with E-state index in [1.54, 1.807) is 12.0 Å². The predicted molar refractivity (Wildman–Crippen MR) is 98.9 cm³/mol. The first-order valence-corrected chi connectivity index (χ1v) is 9.17. The molecule has 1 aromatic heterocycles. The fourth-order valence-corrected chi connectivity index (χ4v) is 4.92. The molecule has 2 aromatic rings. The van der Waals surface area contributed by atoms with E-state index in [1.165, 1.54) is 31.5 Å². The standard InChI is InChI=1S/C21H26N2O2/c1-4-14-13-23-10-8-15(14)11-20(23)21(25-3)17-7-9-22-19-6-5-16(24-2)12-18(17)19/h4-7,9,12,14-15,20-21H,1,8,10-11,13H2,2-3H3/p+1/t14?,15?,20?,21-/m0/s1. The highest BCUT2D eigenvalue weighted by Crippen LogP contribution is 2.36. The quantitative estimate of drug-likeness (QED) is 0.850. The molecule has 1 N–H and O–H groups in total. The molecule has 0 aliphatic carbocycles. The van der Waals surface area contributed by atoms with Crippen molar-refractivity contribution in [2.24, 2.45) is 11.8 Å². The number of rotatable bonds is 5. The Morgan fingerprint density at radius 2 is 2.20 bits per heavy atom. The van der Waals surface area contributed by atoms with E-state index in [0.29, 0.717) is 12.0 Å². The number of hydrogen-bond donors (Lipinski definition) is 1. The van der Waals surface area contributed by atoms with Gasteiger partial charge in [-0.3, -0.25) is 4.98 Å². The molecule has 3 aliphatic heterocycles. The van der Waals surface area contributed by atoms with Crippen LogP contribution in [0.2, 0.25) is 0 Å². The van der Waals surface area contributed by atoms with Crippen LogP contribution >= 0.6 is 0 Å². The Labute approximate surface area is 149 Å². The van der Waals surface area contributed by atoms with Crippen LogP contribution in [0, 0.1) is 11.8 Å². The molecule has 0 spiro atoms. The number of nitrogens with zero attached hydrogens (tertiary/aromatic N) is 1. The maximum Gasteiger partial charge on any atom is 0.134 e. The van der Waals surface area contributed by atoms with E-state index >= 15 is 0 Å². The van der Waals surface area contributed by atoms with Crippen molar-refractivity contribution in [3.8, 4) is 5.75 Å². The summed E-state index contributed by atoms with van der Waals surface area (Å²) < 4.78 is 11.5. The van der Waals surface area contributed by atoms with E-state index < -0.39 is 0 Å². The lowest BCUT2D eigenvalue weighted by Crippen LogP contribution is -3.20. The van der Waals surface area contributed by atoms with Gasteiger partial charge in [0.25, 0.3) is 0 Å². The van der Waals surface area contributed by atoms with Gasteiger partial charge in [0.2, 0.25) is 0 Å². The van der Waals surface area contributed by atoms with Crippen LogP contribution in [0.1, 0.15) is 24.5 Å². The molecule has 4 heterocycles. The molecule has 0 saturated carbocycles. The first-order chi connectivity index (χ1) is 12.2. The minimum Gasteiger partial charge on any atom is -0.497 e. The molecule has 5 rings (SSSR count). The third kappa shape index (κ3) is 2.83. The molecule has 3 aliphatic rings. The van der Waals surface area contributed by atoms with E-state index in [9.17, 15) is 0 Å². The van der Waals surface area contributed by atoms with Crippen molar-refractivity contribution >= 4 is 10.9 Å². The summed E-state index contributed by atoms with van der Waals surface area (Å²) in [6, 6.07) is 8.69. The first kappa shape index (κ1) is 16.6. The molecule has 2 bridgehead atoms. The van der Waals surface area contributed by atoms with Crippen molar-refractivity contribution < 1.29 is 14.4 Å². The Morgan fingerprint density at radius 1 is 1.32 bits per heavy atom. The molecule has 3 fully saturated rings. The number of benzene rings is 1. The number of methoxy groups -OCH3 is 2. The van der Waals surface area contributed by atoms with Crippen molar-refractivity contribution in [3.63, 3.8) is 0 Å². The summed E-state index contributed by atoms with van der Waals surface area (Å²) in [6.45, 7) is 6.47. The second-order valence-electron chi connectivity index (χ2n) is 7.34. The van der Waals surface area contributed by atoms with E-state index in [1.807, 2.05) is 25.4 Å². The normalized spacial score (nSPS) is 29.5. The summed E-state index contributed by atoms with van der Waals surface area (Å²) in [5, 5.41) is 1.14. The van der Waals surface area contributed by atoms with Gasteiger partial charge in [-0.25, -0.2) is 0 Å². The lowest BCUT2D eigenvalue weighted by atomic mass is 9.73. The molecule has 25 heavy (non-hydrogen) atoms. The van der Waals surface area contributed by atoms with E-state index in [4.69, 9.17) is 9.47 Å². The fraction of sp³-hybridized carbons (Fsp3) is 0.476.